The molecule has 0 fully saturated rings. The Balaban J connectivity index is 2.67. The summed E-state index contributed by atoms with van der Waals surface area (Å²) in [4.78, 5) is 24.6. The summed E-state index contributed by atoms with van der Waals surface area (Å²) in [6.07, 6.45) is 4.64. The molecule has 5 N–H and O–H groups in total. The topological polar surface area (TPSA) is 150 Å². The zero-order chi connectivity index (χ0) is 30.1. The van der Waals surface area contributed by atoms with Crippen LogP contribution < -0.4 is 11.1 Å². The number of rotatable bonds is 4. The van der Waals surface area contributed by atoms with Crippen molar-refractivity contribution in [3.63, 3.8) is 0 Å². The van der Waals surface area contributed by atoms with Gasteiger partial charge in [0.25, 0.3) is 5.91 Å². The van der Waals surface area contributed by atoms with Crippen molar-refractivity contribution in [3.05, 3.63) is 53.1 Å². The molecule has 0 saturated heterocycles. The summed E-state index contributed by atoms with van der Waals surface area (Å²) >= 11 is 0. The lowest BCUT2D eigenvalue weighted by Crippen LogP contribution is -2.37. The number of carbonyl (C=O) groups excluding carboxylic acids is 2. The van der Waals surface area contributed by atoms with Crippen molar-refractivity contribution < 1.29 is 38.7 Å². The van der Waals surface area contributed by atoms with Gasteiger partial charge in [-0.25, -0.2) is 4.79 Å². The van der Waals surface area contributed by atoms with Crippen molar-refractivity contribution in [1.29, 1.82) is 0 Å². The lowest BCUT2D eigenvalue weighted by Gasteiger charge is -2.33. The van der Waals surface area contributed by atoms with Crippen molar-refractivity contribution in [1.82, 2.24) is 0 Å². The first kappa shape index (κ1) is 32.9. The van der Waals surface area contributed by atoms with Gasteiger partial charge in [-0.2, -0.15) is 0 Å². The van der Waals surface area contributed by atoms with Crippen LogP contribution in [0.15, 0.2) is 47.6 Å². The first-order chi connectivity index (χ1) is 18.8. The third-order valence-corrected chi connectivity index (χ3v) is 7.33. The SMILES string of the molecule is CO[C@@H]1[C@@H](C)C=C(C)[C@H](OC(N)=O)[C@@H](C)C=CC=C(C)C(=O)Nc2cc(O)cc(c2O)[C@H](OC)[C@@H](C)C[C@H]1OC. The van der Waals surface area contributed by atoms with Crippen LogP contribution in [0.2, 0.25) is 0 Å². The maximum absolute atomic E-state index is 12.9. The number of allylic oxidation sites excluding steroid dienone is 2. The fourth-order valence-corrected chi connectivity index (χ4v) is 5.30. The Kier molecular flexibility index (Phi) is 12.2. The number of methoxy groups -OCH3 is 3. The minimum atomic E-state index is -0.891. The fraction of sp³-hybridized carbons (Fsp3) is 0.533. The summed E-state index contributed by atoms with van der Waals surface area (Å²) in [5.74, 6) is -1.43. The zero-order valence-corrected chi connectivity index (χ0v) is 24.6. The standard InChI is InChI=1S/C30H44N2O8/c1-16-10-9-11-17(2)29(35)32-23-15-21(33)14-22(25(23)34)27(38-7)20(5)13-24(37-6)28(39-8)19(4)12-18(3)26(16)40-30(31)36/h9-12,14-16,19-20,24,26-28,33-34H,13H2,1-8H3,(H2,31,36)(H,32,35)/t16-,19-,20-,24+,26+,27+,28+/m0/s1. The molecule has 1 aromatic rings. The minimum absolute atomic E-state index is 0.0543. The number of ether oxygens (including phenoxy) is 4. The molecule has 2 bridgehead atoms. The largest absolute Gasteiger partial charge is 0.508 e. The molecule has 40 heavy (non-hydrogen) atoms. The van der Waals surface area contributed by atoms with Crippen LogP contribution in [0.4, 0.5) is 10.5 Å². The molecule has 0 aliphatic carbocycles. The molecule has 0 unspecified atom stereocenters. The van der Waals surface area contributed by atoms with Gasteiger partial charge in [-0.05, 0) is 37.8 Å². The number of carbonyl (C=O) groups is 2. The van der Waals surface area contributed by atoms with Gasteiger partial charge >= 0.3 is 6.09 Å². The molecule has 2 amide bonds. The Morgan fingerprint density at radius 2 is 1.68 bits per heavy atom. The Labute approximate surface area is 236 Å². The third kappa shape index (κ3) is 8.33. The highest BCUT2D eigenvalue weighted by molar-refractivity contribution is 6.04. The highest BCUT2D eigenvalue weighted by atomic mass is 16.6. The summed E-state index contributed by atoms with van der Waals surface area (Å²) in [6, 6.07) is 2.71. The molecule has 0 aromatic heterocycles. The van der Waals surface area contributed by atoms with E-state index in [1.54, 1.807) is 39.4 Å². The number of phenols is 2. The van der Waals surface area contributed by atoms with E-state index in [2.05, 4.69) is 5.32 Å². The van der Waals surface area contributed by atoms with Crippen molar-refractivity contribution in [2.45, 2.75) is 65.5 Å². The molecule has 1 heterocycles. The Morgan fingerprint density at radius 1 is 1.00 bits per heavy atom. The van der Waals surface area contributed by atoms with E-state index in [4.69, 9.17) is 24.7 Å². The number of nitrogens with two attached hydrogens (primary N) is 1. The van der Waals surface area contributed by atoms with Crippen LogP contribution in [-0.4, -0.2) is 61.9 Å². The third-order valence-electron chi connectivity index (χ3n) is 7.33. The predicted octanol–water partition coefficient (Wildman–Crippen LogP) is 4.98. The zero-order valence-electron chi connectivity index (χ0n) is 24.6. The van der Waals surface area contributed by atoms with Crippen molar-refractivity contribution in [3.8, 4) is 11.5 Å². The van der Waals surface area contributed by atoms with Crippen LogP contribution >= 0.6 is 0 Å². The lowest BCUT2D eigenvalue weighted by molar-refractivity contribution is -0.112. The maximum Gasteiger partial charge on any atom is 0.405 e. The average Bonchev–Trinajstić information content (AvgIpc) is 2.88. The molecular weight excluding hydrogens is 516 g/mol. The summed E-state index contributed by atoms with van der Waals surface area (Å²) in [6.45, 7) is 9.30. The van der Waals surface area contributed by atoms with Gasteiger partial charge in [-0.15, -0.1) is 0 Å². The normalized spacial score (nSPS) is 28.8. The van der Waals surface area contributed by atoms with Crippen molar-refractivity contribution >= 4 is 17.7 Å². The van der Waals surface area contributed by atoms with Crippen LogP contribution in [0.1, 0.15) is 52.7 Å². The lowest BCUT2D eigenvalue weighted by atomic mass is 9.86. The highest BCUT2D eigenvalue weighted by Gasteiger charge is 2.33. The van der Waals surface area contributed by atoms with Crippen molar-refractivity contribution in [2.75, 3.05) is 26.6 Å². The second kappa shape index (κ2) is 14.9. The van der Waals surface area contributed by atoms with Gasteiger partial charge in [-0.3, -0.25) is 4.79 Å². The molecule has 1 aliphatic rings. The van der Waals surface area contributed by atoms with Gasteiger partial charge in [0.15, 0.2) is 0 Å². The van der Waals surface area contributed by atoms with Crippen LogP contribution in [0, 0.1) is 17.8 Å². The minimum Gasteiger partial charge on any atom is -0.508 e. The number of fused-ring (bicyclic) bond motifs is 2. The van der Waals surface area contributed by atoms with Gasteiger partial charge in [-0.1, -0.05) is 45.1 Å². The first-order valence-corrected chi connectivity index (χ1v) is 13.3. The Bertz CT molecular complexity index is 1130. The summed E-state index contributed by atoms with van der Waals surface area (Å²) < 4.78 is 23.0. The maximum atomic E-state index is 12.9. The number of primary amides is 1. The molecule has 222 valence electrons. The molecule has 0 saturated carbocycles. The predicted molar refractivity (Wildman–Crippen MR) is 153 cm³/mol. The van der Waals surface area contributed by atoms with E-state index in [0.717, 1.165) is 5.57 Å². The van der Waals surface area contributed by atoms with E-state index in [0.29, 0.717) is 17.6 Å². The summed E-state index contributed by atoms with van der Waals surface area (Å²) in [5.41, 5.74) is 6.91. The van der Waals surface area contributed by atoms with E-state index < -0.39 is 24.2 Å². The molecule has 0 radical (unpaired) electrons. The van der Waals surface area contributed by atoms with E-state index >= 15 is 0 Å². The van der Waals surface area contributed by atoms with Crippen LogP contribution in [0.3, 0.4) is 0 Å². The van der Waals surface area contributed by atoms with E-state index in [1.807, 2.05) is 33.8 Å². The molecule has 7 atom stereocenters. The molecule has 1 aromatic carbocycles. The second-order valence-corrected chi connectivity index (χ2v) is 10.5. The fourth-order valence-electron chi connectivity index (χ4n) is 5.30. The van der Waals surface area contributed by atoms with Crippen LogP contribution in [0.5, 0.6) is 11.5 Å². The van der Waals surface area contributed by atoms with Crippen molar-refractivity contribution in [2.24, 2.45) is 23.5 Å². The van der Waals surface area contributed by atoms with Crippen LogP contribution in [-0.2, 0) is 23.7 Å². The number of aromatic hydroxyl groups is 2. The van der Waals surface area contributed by atoms with E-state index in [1.165, 1.54) is 19.2 Å². The Hall–Kier alpha value is -3.34. The van der Waals surface area contributed by atoms with E-state index in [9.17, 15) is 19.8 Å². The number of anilines is 1. The molecule has 2 rings (SSSR count). The number of nitrogens with one attached hydrogen (secondary N) is 1. The van der Waals surface area contributed by atoms with Gasteiger partial charge in [0.2, 0.25) is 0 Å². The molecule has 10 nitrogen and oxygen atoms in total. The quantitative estimate of drug-likeness (QED) is 0.229. The number of phenolic OH excluding ortho intramolecular Hbond substituents is 2. The van der Waals surface area contributed by atoms with Gasteiger partial charge in [0, 0.05) is 50.4 Å². The Morgan fingerprint density at radius 3 is 2.25 bits per heavy atom. The molecule has 1 aliphatic heterocycles. The number of hydrogen-bond acceptors (Lipinski definition) is 8. The van der Waals surface area contributed by atoms with Gasteiger partial charge in [0.05, 0.1) is 24.0 Å². The monoisotopic (exact) mass is 560 g/mol. The van der Waals surface area contributed by atoms with Gasteiger partial charge < -0.3 is 40.2 Å². The van der Waals surface area contributed by atoms with Gasteiger partial charge in [0.1, 0.15) is 17.6 Å². The first-order valence-electron chi connectivity index (χ1n) is 13.3. The highest BCUT2D eigenvalue weighted by Crippen LogP contribution is 2.42. The smallest absolute Gasteiger partial charge is 0.405 e. The molecule has 10 heteroatoms. The number of hydrogen-bond donors (Lipinski definition) is 4. The second-order valence-electron chi connectivity index (χ2n) is 10.5. The number of benzene rings is 1. The van der Waals surface area contributed by atoms with Crippen LogP contribution in [0.25, 0.3) is 0 Å². The average molecular weight is 561 g/mol. The molecular formula is C30H44N2O8. The molecule has 0 spiro atoms. The number of amides is 2. The summed E-state index contributed by atoms with van der Waals surface area (Å²) in [5, 5.41) is 24.2. The van der Waals surface area contributed by atoms with E-state index in [-0.39, 0.29) is 47.1 Å². The summed E-state index contributed by atoms with van der Waals surface area (Å²) in [7, 11) is 4.73.